The van der Waals surface area contributed by atoms with Gasteiger partial charge >= 0.3 is 6.18 Å². The molecular weight excluding hydrogens is 377 g/mol. The number of halogens is 3. The van der Waals surface area contributed by atoms with Crippen LogP contribution in [-0.4, -0.2) is 25.7 Å². The summed E-state index contributed by atoms with van der Waals surface area (Å²) < 4.78 is 40.0. The molecular formula is C14H6F3N4O4S-. The number of hydrogen-bond acceptors (Lipinski definition) is 7. The Balaban J connectivity index is 2.08. The first-order chi connectivity index (χ1) is 12.2. The minimum absolute atomic E-state index is 0.187. The van der Waals surface area contributed by atoms with Gasteiger partial charge in [-0.05, 0) is 0 Å². The van der Waals surface area contributed by atoms with Crippen molar-refractivity contribution in [3.8, 4) is 16.4 Å². The van der Waals surface area contributed by atoms with Crippen LogP contribution in [-0.2, 0) is 6.18 Å². The Morgan fingerprint density at radius 2 is 2.04 bits per heavy atom. The number of nitro groups is 1. The number of nitro benzene ring substituents is 1. The van der Waals surface area contributed by atoms with E-state index in [0.29, 0.717) is 16.4 Å². The van der Waals surface area contributed by atoms with Crippen molar-refractivity contribution in [2.45, 2.75) is 6.18 Å². The Kier molecular flexibility index (Phi) is 4.20. The smallest absolute Gasteiger partial charge is 0.434 e. The van der Waals surface area contributed by atoms with Crippen molar-refractivity contribution in [1.29, 1.82) is 0 Å². The monoisotopic (exact) mass is 383 g/mol. The number of aromatic nitrogens is 3. The van der Waals surface area contributed by atoms with Crippen molar-refractivity contribution >= 4 is 23.0 Å². The van der Waals surface area contributed by atoms with Crippen molar-refractivity contribution in [3.05, 3.63) is 57.2 Å². The third-order valence-electron chi connectivity index (χ3n) is 3.28. The predicted octanol–water partition coefficient (Wildman–Crippen LogP) is 2.29. The third kappa shape index (κ3) is 3.13. The number of aromatic carboxylic acids is 1. The van der Waals surface area contributed by atoms with E-state index in [2.05, 4.69) is 10.1 Å². The summed E-state index contributed by atoms with van der Waals surface area (Å²) in [5, 5.41) is 26.3. The quantitative estimate of drug-likeness (QED) is 0.504. The zero-order valence-electron chi connectivity index (χ0n) is 12.4. The fourth-order valence-electron chi connectivity index (χ4n) is 2.19. The standard InChI is InChI=1S/C14H7F3N4O4S/c15-14(16,17)11-9(12(22)23)5-18-20(11)13-19-10(6-26-13)7-2-1-3-8(4-7)21(24)25/h1-6H,(H,22,23)/p-1. The van der Waals surface area contributed by atoms with Crippen LogP contribution in [0.4, 0.5) is 18.9 Å². The maximum atomic E-state index is 13.2. The second-order valence-corrected chi connectivity index (χ2v) is 5.76. The maximum Gasteiger partial charge on any atom is 0.434 e. The van der Waals surface area contributed by atoms with Gasteiger partial charge in [0.15, 0.2) is 5.69 Å². The van der Waals surface area contributed by atoms with Gasteiger partial charge in [-0.3, -0.25) is 10.1 Å². The van der Waals surface area contributed by atoms with Gasteiger partial charge in [0.25, 0.3) is 5.69 Å². The number of carbonyl (C=O) groups is 1. The third-order valence-corrected chi connectivity index (χ3v) is 4.10. The predicted molar refractivity (Wildman–Crippen MR) is 80.7 cm³/mol. The fourth-order valence-corrected chi connectivity index (χ4v) is 2.98. The Morgan fingerprint density at radius 1 is 1.31 bits per heavy atom. The van der Waals surface area contributed by atoms with E-state index in [-0.39, 0.29) is 16.5 Å². The van der Waals surface area contributed by atoms with Crippen LogP contribution in [0.5, 0.6) is 0 Å². The van der Waals surface area contributed by atoms with Crippen LogP contribution < -0.4 is 5.11 Å². The minimum Gasteiger partial charge on any atom is -0.545 e. The number of rotatable bonds is 4. The first kappa shape index (κ1) is 17.5. The minimum atomic E-state index is -5.00. The molecule has 0 saturated heterocycles. The molecule has 8 nitrogen and oxygen atoms in total. The Morgan fingerprint density at radius 3 is 2.65 bits per heavy atom. The number of carboxylic acid groups (broad SMARTS) is 1. The van der Waals surface area contributed by atoms with E-state index in [1.807, 2.05) is 0 Å². The summed E-state index contributed by atoms with van der Waals surface area (Å²) in [6, 6.07) is 5.40. The van der Waals surface area contributed by atoms with Crippen LogP contribution >= 0.6 is 11.3 Å². The first-order valence-electron chi connectivity index (χ1n) is 6.76. The number of carboxylic acids is 1. The molecule has 0 aliphatic rings. The van der Waals surface area contributed by atoms with Gasteiger partial charge in [0, 0.05) is 28.6 Å². The van der Waals surface area contributed by atoms with E-state index >= 15 is 0 Å². The molecule has 12 heteroatoms. The molecule has 0 amide bonds. The highest BCUT2D eigenvalue weighted by atomic mass is 32.1. The zero-order chi connectivity index (χ0) is 19.1. The zero-order valence-corrected chi connectivity index (χ0v) is 13.2. The van der Waals surface area contributed by atoms with Crippen molar-refractivity contribution in [3.63, 3.8) is 0 Å². The summed E-state index contributed by atoms with van der Waals surface area (Å²) in [5.74, 6) is -2.01. The summed E-state index contributed by atoms with van der Waals surface area (Å²) in [7, 11) is 0. The number of alkyl halides is 3. The summed E-state index contributed by atoms with van der Waals surface area (Å²) in [4.78, 5) is 25.1. The van der Waals surface area contributed by atoms with Crippen LogP contribution in [0.25, 0.3) is 16.4 Å². The van der Waals surface area contributed by atoms with E-state index in [1.165, 1.54) is 29.6 Å². The lowest BCUT2D eigenvalue weighted by Gasteiger charge is -2.11. The molecule has 0 aliphatic heterocycles. The molecule has 0 unspecified atom stereocenters. The molecule has 26 heavy (non-hydrogen) atoms. The van der Waals surface area contributed by atoms with E-state index < -0.39 is 28.3 Å². The molecule has 0 N–H and O–H groups in total. The van der Waals surface area contributed by atoms with Crippen molar-refractivity contribution in [1.82, 2.24) is 14.8 Å². The molecule has 0 atom stereocenters. The van der Waals surface area contributed by atoms with Gasteiger partial charge in [-0.2, -0.15) is 18.3 Å². The number of carbonyl (C=O) groups excluding carboxylic acids is 1. The average Bonchev–Trinajstić information content (AvgIpc) is 3.21. The highest BCUT2D eigenvalue weighted by Crippen LogP contribution is 2.35. The van der Waals surface area contributed by atoms with E-state index in [9.17, 15) is 33.2 Å². The SMILES string of the molecule is O=C([O-])c1cnn(-c2nc(-c3cccc([N+](=O)[O-])c3)cs2)c1C(F)(F)F. The molecule has 134 valence electrons. The second kappa shape index (κ2) is 6.22. The average molecular weight is 383 g/mol. The van der Waals surface area contributed by atoms with Crippen molar-refractivity contribution in [2.75, 3.05) is 0 Å². The summed E-state index contributed by atoms with van der Waals surface area (Å²) in [6.45, 7) is 0. The normalized spacial score (nSPS) is 11.5. The summed E-state index contributed by atoms with van der Waals surface area (Å²) >= 11 is 0.773. The number of hydrogen-bond donors (Lipinski definition) is 0. The lowest BCUT2D eigenvalue weighted by atomic mass is 10.1. The van der Waals surface area contributed by atoms with Gasteiger partial charge in [0.1, 0.15) is 0 Å². The van der Waals surface area contributed by atoms with Crippen LogP contribution in [0.3, 0.4) is 0 Å². The van der Waals surface area contributed by atoms with Gasteiger partial charge in [0.2, 0.25) is 5.13 Å². The molecule has 3 aromatic rings. The summed E-state index contributed by atoms with van der Waals surface area (Å²) in [5.41, 5.74) is -2.32. The Bertz CT molecular complexity index is 1010. The van der Waals surface area contributed by atoms with Crippen molar-refractivity contribution < 1.29 is 28.0 Å². The molecule has 0 spiro atoms. The largest absolute Gasteiger partial charge is 0.545 e. The van der Waals surface area contributed by atoms with Crippen LogP contribution in [0.2, 0.25) is 0 Å². The fraction of sp³-hybridized carbons (Fsp3) is 0.0714. The lowest BCUT2D eigenvalue weighted by Crippen LogP contribution is -2.26. The number of benzene rings is 1. The van der Waals surface area contributed by atoms with Crippen LogP contribution in [0.15, 0.2) is 35.8 Å². The van der Waals surface area contributed by atoms with Crippen LogP contribution in [0, 0.1) is 10.1 Å². The second-order valence-electron chi connectivity index (χ2n) is 4.93. The van der Waals surface area contributed by atoms with Gasteiger partial charge in [-0.25, -0.2) is 9.67 Å². The number of non-ortho nitro benzene ring substituents is 1. The summed E-state index contributed by atoms with van der Waals surface area (Å²) in [6.07, 6.45) is -4.46. The van der Waals surface area contributed by atoms with E-state index in [4.69, 9.17) is 0 Å². The van der Waals surface area contributed by atoms with Crippen LogP contribution in [0.1, 0.15) is 16.1 Å². The molecule has 2 heterocycles. The molecule has 0 bridgehead atoms. The highest BCUT2D eigenvalue weighted by Gasteiger charge is 2.39. The molecule has 3 rings (SSSR count). The van der Waals surface area contributed by atoms with E-state index in [1.54, 1.807) is 0 Å². The van der Waals surface area contributed by atoms with Gasteiger partial charge in [-0.1, -0.05) is 12.1 Å². The number of nitrogens with zero attached hydrogens (tertiary/aromatic N) is 4. The molecule has 1 aromatic carbocycles. The number of thiazole rings is 1. The molecule has 0 radical (unpaired) electrons. The van der Waals surface area contributed by atoms with Crippen molar-refractivity contribution in [2.24, 2.45) is 0 Å². The Labute approximate surface area is 146 Å². The molecule has 0 fully saturated rings. The Hall–Kier alpha value is -3.28. The van der Waals surface area contributed by atoms with Gasteiger partial charge in [-0.15, -0.1) is 11.3 Å². The lowest BCUT2D eigenvalue weighted by molar-refractivity contribution is -0.384. The molecule has 0 saturated carbocycles. The van der Waals surface area contributed by atoms with Gasteiger partial charge in [0.05, 0.1) is 22.8 Å². The van der Waals surface area contributed by atoms with Gasteiger partial charge < -0.3 is 9.90 Å². The molecule has 0 aliphatic carbocycles. The topological polar surface area (TPSA) is 114 Å². The first-order valence-corrected chi connectivity index (χ1v) is 7.63. The molecule has 2 aromatic heterocycles. The highest BCUT2D eigenvalue weighted by molar-refractivity contribution is 7.12. The maximum absolute atomic E-state index is 13.2. The van der Waals surface area contributed by atoms with E-state index in [0.717, 1.165) is 11.3 Å².